The minimum atomic E-state index is 0.111. The van der Waals surface area contributed by atoms with E-state index in [1.807, 2.05) is 37.3 Å². The summed E-state index contributed by atoms with van der Waals surface area (Å²) in [5.74, 6) is 0. The lowest BCUT2D eigenvalue weighted by Gasteiger charge is -2.38. The van der Waals surface area contributed by atoms with Gasteiger partial charge in [0, 0.05) is 58.7 Å². The van der Waals surface area contributed by atoms with Gasteiger partial charge in [0.1, 0.15) is 0 Å². The monoisotopic (exact) mass is 304 g/mol. The van der Waals surface area contributed by atoms with Crippen molar-refractivity contribution < 1.29 is 9.53 Å². The first-order valence-electron chi connectivity index (χ1n) is 7.84. The van der Waals surface area contributed by atoms with Crippen LogP contribution in [0.2, 0.25) is 0 Å². The molecule has 0 N–H and O–H groups in total. The van der Waals surface area contributed by atoms with Crippen LogP contribution in [0.3, 0.4) is 0 Å². The van der Waals surface area contributed by atoms with Crippen LogP contribution in [0.1, 0.15) is 12.0 Å². The molecule has 2 amide bonds. The molecule has 2 atom stereocenters. The van der Waals surface area contributed by atoms with Crippen LogP contribution in [0.15, 0.2) is 24.5 Å². The summed E-state index contributed by atoms with van der Waals surface area (Å²) in [6.45, 7) is 4.14. The summed E-state index contributed by atoms with van der Waals surface area (Å²) in [4.78, 5) is 22.2. The number of amides is 2. The SMILES string of the molecule is CN(C)C(=O)N1CCN2C[C@@H](OCc3cccnc3)C[C@H]2C1. The first kappa shape index (κ1) is 15.2. The van der Waals surface area contributed by atoms with Gasteiger partial charge in [0.2, 0.25) is 0 Å². The minimum Gasteiger partial charge on any atom is -0.372 e. The molecule has 1 aromatic rings. The van der Waals surface area contributed by atoms with E-state index in [1.165, 1.54) is 0 Å². The van der Waals surface area contributed by atoms with Gasteiger partial charge >= 0.3 is 6.03 Å². The average Bonchev–Trinajstić information content (AvgIpc) is 2.95. The lowest BCUT2D eigenvalue weighted by molar-refractivity contribution is 0.0461. The third kappa shape index (κ3) is 3.39. The topological polar surface area (TPSA) is 48.9 Å². The van der Waals surface area contributed by atoms with Crippen molar-refractivity contribution >= 4 is 6.03 Å². The van der Waals surface area contributed by atoms with Gasteiger partial charge in [-0.3, -0.25) is 9.88 Å². The second-order valence-corrected chi connectivity index (χ2v) is 6.30. The standard InChI is InChI=1S/C16H24N4O2/c1-18(2)16(21)20-7-6-19-11-15(8-14(19)10-20)22-12-13-4-3-5-17-9-13/h3-5,9,14-15H,6-8,10-12H2,1-2H3/t14-,15-/m0/s1. The largest absolute Gasteiger partial charge is 0.372 e. The molecular formula is C16H24N4O2. The summed E-state index contributed by atoms with van der Waals surface area (Å²) in [5, 5.41) is 0. The van der Waals surface area contributed by atoms with E-state index >= 15 is 0 Å². The number of pyridine rings is 1. The third-order valence-electron chi connectivity index (χ3n) is 4.44. The number of hydrogen-bond donors (Lipinski definition) is 0. The lowest BCUT2D eigenvalue weighted by atomic mass is 10.1. The van der Waals surface area contributed by atoms with E-state index < -0.39 is 0 Å². The minimum absolute atomic E-state index is 0.111. The van der Waals surface area contributed by atoms with Crippen molar-refractivity contribution in [2.75, 3.05) is 40.3 Å². The number of fused-ring (bicyclic) bond motifs is 1. The molecule has 0 saturated carbocycles. The number of piperazine rings is 1. The van der Waals surface area contributed by atoms with Gasteiger partial charge in [-0.05, 0) is 18.1 Å². The summed E-state index contributed by atoms with van der Waals surface area (Å²) >= 11 is 0. The molecular weight excluding hydrogens is 280 g/mol. The zero-order valence-electron chi connectivity index (χ0n) is 13.3. The molecule has 3 rings (SSSR count). The second kappa shape index (κ2) is 6.62. The maximum absolute atomic E-state index is 12.1. The Morgan fingerprint density at radius 2 is 2.27 bits per heavy atom. The number of rotatable bonds is 3. The fraction of sp³-hybridized carbons (Fsp3) is 0.625. The number of aromatic nitrogens is 1. The highest BCUT2D eigenvalue weighted by Crippen LogP contribution is 2.25. The van der Waals surface area contributed by atoms with E-state index in [-0.39, 0.29) is 12.1 Å². The molecule has 2 aliphatic heterocycles. The Morgan fingerprint density at radius 1 is 1.41 bits per heavy atom. The van der Waals surface area contributed by atoms with Crippen LogP contribution in [0.4, 0.5) is 4.79 Å². The molecule has 0 radical (unpaired) electrons. The predicted octanol–water partition coefficient (Wildman–Crippen LogP) is 1.04. The van der Waals surface area contributed by atoms with Crippen molar-refractivity contribution in [1.82, 2.24) is 19.7 Å². The van der Waals surface area contributed by atoms with Crippen LogP contribution in [-0.4, -0.2) is 78.1 Å². The van der Waals surface area contributed by atoms with Crippen LogP contribution < -0.4 is 0 Å². The van der Waals surface area contributed by atoms with Gasteiger partial charge in [-0.25, -0.2) is 4.79 Å². The van der Waals surface area contributed by atoms with Crippen molar-refractivity contribution in [2.24, 2.45) is 0 Å². The van der Waals surface area contributed by atoms with Crippen molar-refractivity contribution in [1.29, 1.82) is 0 Å². The van der Waals surface area contributed by atoms with Gasteiger partial charge in [-0.2, -0.15) is 0 Å². The molecule has 6 heteroatoms. The molecule has 0 unspecified atom stereocenters. The number of nitrogens with zero attached hydrogens (tertiary/aromatic N) is 4. The third-order valence-corrected chi connectivity index (χ3v) is 4.44. The van der Waals surface area contributed by atoms with Crippen LogP contribution in [-0.2, 0) is 11.3 Å². The van der Waals surface area contributed by atoms with Gasteiger partial charge in [-0.1, -0.05) is 6.07 Å². The van der Waals surface area contributed by atoms with Crippen molar-refractivity contribution in [2.45, 2.75) is 25.2 Å². The average molecular weight is 304 g/mol. The maximum atomic E-state index is 12.1. The second-order valence-electron chi connectivity index (χ2n) is 6.30. The molecule has 0 aliphatic carbocycles. The van der Waals surface area contributed by atoms with Crippen molar-refractivity contribution in [3.63, 3.8) is 0 Å². The fourth-order valence-electron chi connectivity index (χ4n) is 3.27. The van der Waals surface area contributed by atoms with Gasteiger partial charge in [-0.15, -0.1) is 0 Å². The summed E-state index contributed by atoms with van der Waals surface area (Å²) in [5.41, 5.74) is 1.11. The quantitative estimate of drug-likeness (QED) is 0.837. The van der Waals surface area contributed by atoms with Crippen LogP contribution in [0.25, 0.3) is 0 Å². The highest BCUT2D eigenvalue weighted by Gasteiger charge is 2.38. The molecule has 3 heterocycles. The van der Waals surface area contributed by atoms with E-state index in [0.29, 0.717) is 12.6 Å². The first-order valence-corrected chi connectivity index (χ1v) is 7.84. The van der Waals surface area contributed by atoms with Crippen molar-refractivity contribution in [3.05, 3.63) is 30.1 Å². The van der Waals surface area contributed by atoms with E-state index in [9.17, 15) is 4.79 Å². The Morgan fingerprint density at radius 3 is 3.00 bits per heavy atom. The van der Waals surface area contributed by atoms with Gasteiger partial charge < -0.3 is 14.5 Å². The van der Waals surface area contributed by atoms with E-state index in [2.05, 4.69) is 9.88 Å². The normalized spacial score (nSPS) is 25.1. The Labute approximate surface area is 131 Å². The van der Waals surface area contributed by atoms with Gasteiger partial charge in [0.15, 0.2) is 0 Å². The Hall–Kier alpha value is -1.66. The number of hydrogen-bond acceptors (Lipinski definition) is 4. The molecule has 0 bridgehead atoms. The summed E-state index contributed by atoms with van der Waals surface area (Å²) < 4.78 is 6.03. The fourth-order valence-corrected chi connectivity index (χ4v) is 3.27. The number of carbonyl (C=O) groups excluding carboxylic acids is 1. The number of ether oxygens (including phenoxy) is 1. The molecule has 22 heavy (non-hydrogen) atoms. The lowest BCUT2D eigenvalue weighted by Crippen LogP contribution is -2.54. The molecule has 2 saturated heterocycles. The first-order chi connectivity index (χ1) is 10.6. The Balaban J connectivity index is 1.50. The highest BCUT2D eigenvalue weighted by atomic mass is 16.5. The molecule has 0 aromatic carbocycles. The van der Waals surface area contributed by atoms with Crippen LogP contribution in [0, 0.1) is 0 Å². The molecule has 2 aliphatic rings. The van der Waals surface area contributed by atoms with Crippen molar-refractivity contribution in [3.8, 4) is 0 Å². The number of urea groups is 1. The Bertz CT molecular complexity index is 508. The van der Waals surface area contributed by atoms with E-state index in [4.69, 9.17) is 4.74 Å². The summed E-state index contributed by atoms with van der Waals surface area (Å²) in [6.07, 6.45) is 4.87. The Kier molecular flexibility index (Phi) is 4.59. The van der Waals surface area contributed by atoms with Crippen LogP contribution in [0.5, 0.6) is 0 Å². The molecule has 6 nitrogen and oxygen atoms in total. The predicted molar refractivity (Wildman–Crippen MR) is 83.4 cm³/mol. The summed E-state index contributed by atoms with van der Waals surface area (Å²) in [6, 6.07) is 4.50. The maximum Gasteiger partial charge on any atom is 0.319 e. The smallest absolute Gasteiger partial charge is 0.319 e. The molecule has 1 aromatic heterocycles. The van der Waals surface area contributed by atoms with Crippen LogP contribution >= 0.6 is 0 Å². The van der Waals surface area contributed by atoms with Gasteiger partial charge in [0.25, 0.3) is 0 Å². The van der Waals surface area contributed by atoms with E-state index in [0.717, 1.165) is 38.2 Å². The molecule has 2 fully saturated rings. The number of carbonyl (C=O) groups is 1. The highest BCUT2D eigenvalue weighted by molar-refractivity contribution is 5.74. The molecule has 0 spiro atoms. The van der Waals surface area contributed by atoms with Gasteiger partial charge in [0.05, 0.1) is 12.7 Å². The zero-order chi connectivity index (χ0) is 15.5. The van der Waals surface area contributed by atoms with E-state index in [1.54, 1.807) is 11.1 Å². The zero-order valence-corrected chi connectivity index (χ0v) is 13.3. The summed E-state index contributed by atoms with van der Waals surface area (Å²) in [7, 11) is 3.62. The molecule has 120 valence electrons.